The molecule has 3 aromatic heterocycles. The maximum Gasteiger partial charge on any atom is 0.416 e. The molecule has 19 heteroatoms. The summed E-state index contributed by atoms with van der Waals surface area (Å²) in [7, 11) is -1.34. The smallest absolute Gasteiger partial charge is 0.416 e. The molecular weight excluding hydrogens is 709 g/mol. The molecular formula is C32H38ClF3N10O4Si-. The molecule has 273 valence electrons. The molecule has 0 bridgehead atoms. The molecule has 6 rings (SSSR count). The summed E-state index contributed by atoms with van der Waals surface area (Å²) in [6.07, 6.45) is -3.08. The number of halogens is 4. The van der Waals surface area contributed by atoms with E-state index in [-0.39, 0.29) is 66.3 Å². The third kappa shape index (κ3) is 7.24. The number of hydrogen-bond donors (Lipinski definition) is 2. The highest BCUT2D eigenvalue weighted by Crippen LogP contribution is 2.34. The lowest BCUT2D eigenvalue weighted by Crippen LogP contribution is -2.51. The predicted octanol–water partition coefficient (Wildman–Crippen LogP) is 4.06. The van der Waals surface area contributed by atoms with E-state index in [2.05, 4.69) is 33.5 Å². The Morgan fingerprint density at radius 2 is 1.73 bits per heavy atom. The Bertz CT molecular complexity index is 2050. The minimum Gasteiger partial charge on any atom is -0.504 e. The molecule has 0 aliphatic carbocycles. The Morgan fingerprint density at radius 1 is 1.04 bits per heavy atom. The first-order chi connectivity index (χ1) is 24.1. The van der Waals surface area contributed by atoms with Gasteiger partial charge in [0.05, 0.1) is 27.7 Å². The molecule has 0 radical (unpaired) electrons. The largest absolute Gasteiger partial charge is 0.504 e. The van der Waals surface area contributed by atoms with Crippen LogP contribution < -0.4 is 20.7 Å². The Balaban J connectivity index is 1.34. The summed E-state index contributed by atoms with van der Waals surface area (Å²) in [6.45, 7) is 10.1. The van der Waals surface area contributed by atoms with Crippen LogP contribution in [-0.2, 0) is 23.9 Å². The van der Waals surface area contributed by atoms with Gasteiger partial charge in [0.25, 0.3) is 11.5 Å². The fourth-order valence-electron chi connectivity index (χ4n) is 6.40. The number of carbonyl (C=O) groups is 2. The van der Waals surface area contributed by atoms with Gasteiger partial charge >= 0.3 is 6.18 Å². The number of alkyl halides is 3. The minimum absolute atomic E-state index is 0.00188. The van der Waals surface area contributed by atoms with Gasteiger partial charge in [-0.05, 0) is 44.6 Å². The number of piperazine rings is 1. The molecule has 2 aliphatic rings. The van der Waals surface area contributed by atoms with Crippen molar-refractivity contribution in [3.63, 3.8) is 0 Å². The van der Waals surface area contributed by atoms with Crippen LogP contribution in [0, 0.1) is 6.92 Å². The lowest BCUT2D eigenvalue weighted by atomic mass is 10.2. The monoisotopic (exact) mass is 746 g/mol. The van der Waals surface area contributed by atoms with Crippen LogP contribution in [0.1, 0.15) is 34.4 Å². The number of nitrogens with zero attached hydrogens (tertiary/aromatic N) is 9. The summed E-state index contributed by atoms with van der Waals surface area (Å²) < 4.78 is 42.4. The molecule has 2 fully saturated rings. The zero-order valence-electron chi connectivity index (χ0n) is 28.6. The quantitative estimate of drug-likeness (QED) is 0.265. The van der Waals surface area contributed by atoms with Crippen molar-refractivity contribution >= 4 is 54.6 Å². The summed E-state index contributed by atoms with van der Waals surface area (Å²) in [5.41, 5.74) is -0.418. The molecule has 0 unspecified atom stereocenters. The molecule has 2 amide bonds. The Hall–Kier alpha value is -4.71. The number of hydrogen-bond acceptors (Lipinski definition) is 10. The number of rotatable bonds is 7. The Kier molecular flexibility index (Phi) is 9.75. The number of anilines is 3. The number of amides is 2. The van der Waals surface area contributed by atoms with Crippen molar-refractivity contribution in [2.45, 2.75) is 58.2 Å². The van der Waals surface area contributed by atoms with Crippen LogP contribution in [0.4, 0.5) is 30.5 Å². The highest BCUT2D eigenvalue weighted by Gasteiger charge is 2.33. The van der Waals surface area contributed by atoms with Gasteiger partial charge in [-0.2, -0.15) is 35.8 Å². The van der Waals surface area contributed by atoms with Crippen molar-refractivity contribution in [1.82, 2.24) is 34.0 Å². The number of nitrogens with one attached hydrogen (secondary N) is 1. The van der Waals surface area contributed by atoms with E-state index in [9.17, 15) is 32.7 Å². The average Bonchev–Trinajstić information content (AvgIpc) is 3.53. The van der Waals surface area contributed by atoms with Gasteiger partial charge < -0.3 is 29.7 Å². The first kappa shape index (κ1) is 36.1. The van der Waals surface area contributed by atoms with Crippen LogP contribution in [0.5, 0.6) is 5.75 Å². The molecule has 0 spiro atoms. The van der Waals surface area contributed by atoms with Gasteiger partial charge in [-0.3, -0.25) is 14.4 Å². The zero-order chi connectivity index (χ0) is 36.8. The van der Waals surface area contributed by atoms with Crippen LogP contribution >= 0.6 is 11.6 Å². The van der Waals surface area contributed by atoms with Crippen molar-refractivity contribution in [2.75, 3.05) is 54.4 Å². The topological polar surface area (TPSA) is 154 Å². The van der Waals surface area contributed by atoms with Crippen LogP contribution in [0.25, 0.3) is 5.78 Å². The Morgan fingerprint density at radius 3 is 2.35 bits per heavy atom. The third-order valence-electron chi connectivity index (χ3n) is 9.51. The molecule has 1 aromatic carbocycles. The van der Waals surface area contributed by atoms with E-state index in [1.54, 1.807) is 11.5 Å². The van der Waals surface area contributed by atoms with E-state index in [0.717, 1.165) is 43.4 Å². The highest BCUT2D eigenvalue weighted by atomic mass is 35.5. The van der Waals surface area contributed by atoms with Crippen molar-refractivity contribution in [3.8, 4) is 5.75 Å². The summed E-state index contributed by atoms with van der Waals surface area (Å²) in [5.74, 6) is -0.841. The second kappa shape index (κ2) is 13.8. The molecule has 2 aliphatic heterocycles. The second-order valence-electron chi connectivity index (χ2n) is 13.5. The Labute approximate surface area is 296 Å². The van der Waals surface area contributed by atoms with Gasteiger partial charge in [-0.25, -0.2) is 9.97 Å². The number of aryl methyl sites for hydroxylation is 1. The SMILES string of the molecule is CCc1c(N2CCN(C(=O)c3ncnc(C)c3O)CC2)c(=O)n2nc(N3CC[Si-](C)(C)CC3)nc2n1CC(=O)Nc1ccc(C(F)(F)F)cc1Cl. The molecule has 0 saturated carbocycles. The van der Waals surface area contributed by atoms with Gasteiger partial charge in [0.15, 0.2) is 11.4 Å². The van der Waals surface area contributed by atoms with Crippen molar-refractivity contribution < 1.29 is 27.9 Å². The van der Waals surface area contributed by atoms with Gasteiger partial charge in [0.1, 0.15) is 18.6 Å². The first-order valence-corrected chi connectivity index (χ1v) is 20.4. The average molecular weight is 747 g/mol. The molecule has 2 saturated heterocycles. The summed E-state index contributed by atoms with van der Waals surface area (Å²) in [6, 6.07) is 4.74. The normalized spacial score (nSPS) is 16.5. The molecule has 0 atom stereocenters. The van der Waals surface area contributed by atoms with E-state index >= 15 is 0 Å². The van der Waals surface area contributed by atoms with Crippen LogP contribution in [0.3, 0.4) is 0 Å². The third-order valence-corrected chi connectivity index (χ3v) is 13.0. The van der Waals surface area contributed by atoms with Crippen molar-refractivity contribution in [1.29, 1.82) is 0 Å². The lowest BCUT2D eigenvalue weighted by Gasteiger charge is -2.43. The fourth-order valence-corrected chi connectivity index (χ4v) is 8.63. The summed E-state index contributed by atoms with van der Waals surface area (Å²) in [5, 5.41) is 17.3. The van der Waals surface area contributed by atoms with Gasteiger partial charge in [0.2, 0.25) is 17.6 Å². The van der Waals surface area contributed by atoms with Crippen LogP contribution in [0.2, 0.25) is 30.2 Å². The molecule has 51 heavy (non-hydrogen) atoms. The number of aromatic hydroxyl groups is 1. The maximum absolute atomic E-state index is 14.3. The van der Waals surface area contributed by atoms with E-state index < -0.39 is 37.2 Å². The second-order valence-corrected chi connectivity index (χ2v) is 19.2. The molecule has 14 nitrogen and oxygen atoms in total. The van der Waals surface area contributed by atoms with Crippen LogP contribution in [-0.4, -0.2) is 98.3 Å². The highest BCUT2D eigenvalue weighted by molar-refractivity contribution is 6.77. The maximum atomic E-state index is 14.3. The van der Waals surface area contributed by atoms with E-state index in [1.165, 1.54) is 15.7 Å². The number of carbonyl (C=O) groups excluding carboxylic acids is 2. The lowest BCUT2D eigenvalue weighted by molar-refractivity contribution is -0.137. The molecule has 4 aromatic rings. The van der Waals surface area contributed by atoms with Gasteiger partial charge in [0, 0.05) is 26.2 Å². The number of aromatic nitrogens is 6. The van der Waals surface area contributed by atoms with Crippen molar-refractivity contribution in [3.05, 3.63) is 62.5 Å². The van der Waals surface area contributed by atoms with Crippen molar-refractivity contribution in [2.24, 2.45) is 0 Å². The summed E-state index contributed by atoms with van der Waals surface area (Å²) in [4.78, 5) is 59.1. The van der Waals surface area contributed by atoms with E-state index in [0.29, 0.717) is 23.8 Å². The van der Waals surface area contributed by atoms with E-state index in [4.69, 9.17) is 16.6 Å². The molecule has 2 N–H and O–H groups in total. The fraction of sp³-hybridized carbons (Fsp3) is 0.469. The predicted molar refractivity (Wildman–Crippen MR) is 188 cm³/mol. The molecule has 5 heterocycles. The summed E-state index contributed by atoms with van der Waals surface area (Å²) >= 11 is 6.13. The van der Waals surface area contributed by atoms with Gasteiger partial charge in [-0.15, -0.1) is 25.3 Å². The number of benzene rings is 1. The van der Waals surface area contributed by atoms with E-state index in [1.807, 2.05) is 16.7 Å². The zero-order valence-corrected chi connectivity index (χ0v) is 30.3. The standard InChI is InChI=1S/C32H38ClF3N10O4Si/c1-5-23-26(42-8-10-43(11-9-42)28(49)25-27(48)19(2)37-18-38-25)29(50)46-31(40-30(41-46)44-12-14-51(3,4)15-13-44)45(23)17-24(47)39-22-7-6-20(16-21(22)33)32(34,35)36/h6-7,16,18,48H,5,8-15,17H2,1-4H3,(H,39,47)/q-1. The minimum atomic E-state index is -4.60. The first-order valence-electron chi connectivity index (χ1n) is 16.6. The van der Waals surface area contributed by atoms with Gasteiger partial charge in [-0.1, -0.05) is 18.5 Å². The van der Waals surface area contributed by atoms with Crippen LogP contribution in [0.15, 0.2) is 29.3 Å². The number of fused-ring (bicyclic) bond motifs is 1.